The van der Waals surface area contributed by atoms with Crippen molar-refractivity contribution in [1.82, 2.24) is 0 Å². The highest BCUT2D eigenvalue weighted by atomic mass is 35.5. The van der Waals surface area contributed by atoms with Crippen LogP contribution in [0.5, 0.6) is 0 Å². The molecule has 3 heteroatoms. The Kier molecular flexibility index (Phi) is 3.14. The molecule has 1 aliphatic carbocycles. The van der Waals surface area contributed by atoms with E-state index in [-0.39, 0.29) is 5.88 Å². The fourth-order valence-electron chi connectivity index (χ4n) is 2.68. The molecule has 0 radical (unpaired) electrons. The molecule has 0 bridgehead atoms. The smallest absolute Gasteiger partial charge is 0.0847 e. The predicted molar refractivity (Wildman–Crippen MR) is 76.6 cm³/mol. The van der Waals surface area contributed by atoms with E-state index in [1.54, 1.807) is 0 Å². The van der Waals surface area contributed by atoms with Crippen LogP contribution in [0.15, 0.2) is 30.3 Å². The summed E-state index contributed by atoms with van der Waals surface area (Å²) in [5, 5.41) is 15.5. The maximum atomic E-state index is 9.52. The Morgan fingerprint density at radius 2 is 1.94 bits per heavy atom. The monoisotopic (exact) mass is 261 g/mol. The van der Waals surface area contributed by atoms with Gasteiger partial charge in [0.05, 0.1) is 12.0 Å². The van der Waals surface area contributed by atoms with E-state index in [9.17, 15) is 5.11 Å². The van der Waals surface area contributed by atoms with E-state index in [1.807, 2.05) is 0 Å². The topological polar surface area (TPSA) is 32.3 Å². The van der Waals surface area contributed by atoms with Crippen molar-refractivity contribution in [3.8, 4) is 0 Å². The molecule has 0 aliphatic heterocycles. The summed E-state index contributed by atoms with van der Waals surface area (Å²) in [7, 11) is 0. The fourth-order valence-corrected chi connectivity index (χ4v) is 2.79. The Labute approximate surface area is 112 Å². The molecule has 0 heterocycles. The van der Waals surface area contributed by atoms with Crippen LogP contribution >= 0.6 is 11.6 Å². The molecule has 1 aliphatic rings. The van der Waals surface area contributed by atoms with E-state index in [2.05, 4.69) is 35.6 Å². The number of rotatable bonds is 4. The first kappa shape index (κ1) is 11.8. The molecule has 18 heavy (non-hydrogen) atoms. The van der Waals surface area contributed by atoms with E-state index in [1.165, 1.54) is 21.9 Å². The minimum absolute atomic E-state index is 0.258. The van der Waals surface area contributed by atoms with Crippen molar-refractivity contribution in [3.05, 3.63) is 41.5 Å². The summed E-state index contributed by atoms with van der Waals surface area (Å²) >= 11 is 5.61. The molecule has 0 saturated carbocycles. The molecule has 0 fully saturated rings. The molecule has 0 amide bonds. The molecule has 0 spiro atoms. The zero-order valence-electron chi connectivity index (χ0n) is 10.1. The molecule has 94 valence electrons. The molecule has 1 atom stereocenters. The average Bonchev–Trinajstić information content (AvgIpc) is 2.83. The van der Waals surface area contributed by atoms with Crippen molar-refractivity contribution in [3.63, 3.8) is 0 Å². The number of benzene rings is 2. The Balaban J connectivity index is 1.99. The van der Waals surface area contributed by atoms with Crippen molar-refractivity contribution in [2.75, 3.05) is 17.7 Å². The summed E-state index contributed by atoms with van der Waals surface area (Å²) in [5.41, 5.74) is 3.95. The van der Waals surface area contributed by atoms with Crippen LogP contribution in [0.4, 0.5) is 5.69 Å². The summed E-state index contributed by atoms with van der Waals surface area (Å²) in [6.45, 7) is 0.488. The minimum atomic E-state index is -0.505. The number of nitrogens with one attached hydrogen (secondary N) is 1. The molecular formula is C15H16ClNO. The normalized spacial score (nSPS) is 15.0. The Hall–Kier alpha value is -1.25. The van der Waals surface area contributed by atoms with Crippen LogP contribution in [0.2, 0.25) is 0 Å². The summed E-state index contributed by atoms with van der Waals surface area (Å²) in [5.74, 6) is 0.258. The van der Waals surface area contributed by atoms with Crippen LogP contribution in [0, 0.1) is 0 Å². The third-order valence-electron chi connectivity index (χ3n) is 3.58. The van der Waals surface area contributed by atoms with Crippen molar-refractivity contribution in [1.29, 1.82) is 0 Å². The first-order valence-electron chi connectivity index (χ1n) is 6.31. The van der Waals surface area contributed by atoms with Crippen molar-refractivity contribution in [2.24, 2.45) is 0 Å². The summed E-state index contributed by atoms with van der Waals surface area (Å²) < 4.78 is 0. The van der Waals surface area contributed by atoms with Crippen molar-refractivity contribution < 1.29 is 5.11 Å². The highest BCUT2D eigenvalue weighted by molar-refractivity contribution is 6.18. The largest absolute Gasteiger partial charge is 0.390 e. The molecule has 0 saturated heterocycles. The second-order valence-electron chi connectivity index (χ2n) is 4.80. The molecule has 2 nitrogen and oxygen atoms in total. The summed E-state index contributed by atoms with van der Waals surface area (Å²) in [4.78, 5) is 0. The number of aliphatic hydroxyl groups excluding tert-OH is 1. The lowest BCUT2D eigenvalue weighted by atomic mass is 10.0. The van der Waals surface area contributed by atoms with Crippen molar-refractivity contribution >= 4 is 28.1 Å². The van der Waals surface area contributed by atoms with E-state index >= 15 is 0 Å². The second kappa shape index (κ2) is 4.79. The van der Waals surface area contributed by atoms with E-state index in [4.69, 9.17) is 11.6 Å². The van der Waals surface area contributed by atoms with Gasteiger partial charge in [-0.25, -0.2) is 0 Å². The van der Waals surface area contributed by atoms with Crippen LogP contribution in [-0.4, -0.2) is 23.6 Å². The van der Waals surface area contributed by atoms with Gasteiger partial charge in [-0.2, -0.15) is 0 Å². The zero-order valence-corrected chi connectivity index (χ0v) is 10.9. The average molecular weight is 262 g/mol. The van der Waals surface area contributed by atoms with Gasteiger partial charge in [0.15, 0.2) is 0 Å². The summed E-state index contributed by atoms with van der Waals surface area (Å²) in [6.07, 6.45) is 1.77. The number of aliphatic hydroxyl groups is 1. The quantitative estimate of drug-likeness (QED) is 0.830. The zero-order chi connectivity index (χ0) is 12.5. The number of halogens is 1. The van der Waals surface area contributed by atoms with Crippen LogP contribution in [0.3, 0.4) is 0 Å². The number of hydrogen-bond donors (Lipinski definition) is 2. The maximum Gasteiger partial charge on any atom is 0.0847 e. The van der Waals surface area contributed by atoms with Gasteiger partial charge in [0.1, 0.15) is 0 Å². The number of aryl methyl sites for hydroxylation is 2. The number of hydrogen-bond acceptors (Lipinski definition) is 2. The molecule has 2 aromatic rings. The van der Waals surface area contributed by atoms with Crippen LogP contribution in [0.25, 0.3) is 10.8 Å². The molecule has 2 aromatic carbocycles. The lowest BCUT2D eigenvalue weighted by molar-refractivity contribution is 0.211. The Morgan fingerprint density at radius 3 is 2.72 bits per heavy atom. The minimum Gasteiger partial charge on any atom is -0.390 e. The first-order chi connectivity index (χ1) is 8.79. The summed E-state index contributed by atoms with van der Waals surface area (Å²) in [6, 6.07) is 10.7. The fraction of sp³-hybridized carbons (Fsp3) is 0.333. The molecular weight excluding hydrogens is 246 g/mol. The highest BCUT2D eigenvalue weighted by Crippen LogP contribution is 2.34. The van der Waals surface area contributed by atoms with Crippen molar-refractivity contribution in [2.45, 2.75) is 18.9 Å². The third-order valence-corrected chi connectivity index (χ3v) is 3.94. The molecule has 3 rings (SSSR count). The predicted octanol–water partition coefficient (Wildman–Crippen LogP) is 2.95. The number of anilines is 1. The van der Waals surface area contributed by atoms with Gasteiger partial charge in [0, 0.05) is 17.6 Å². The van der Waals surface area contributed by atoms with Gasteiger partial charge in [0.2, 0.25) is 0 Å². The van der Waals surface area contributed by atoms with Gasteiger partial charge in [-0.3, -0.25) is 0 Å². The van der Waals surface area contributed by atoms with Crippen LogP contribution in [0.1, 0.15) is 11.1 Å². The van der Waals surface area contributed by atoms with Gasteiger partial charge < -0.3 is 10.4 Å². The lowest BCUT2D eigenvalue weighted by Gasteiger charge is -2.13. The van der Waals surface area contributed by atoms with E-state index in [0.717, 1.165) is 18.5 Å². The van der Waals surface area contributed by atoms with Gasteiger partial charge in [-0.1, -0.05) is 24.3 Å². The van der Waals surface area contributed by atoms with E-state index in [0.29, 0.717) is 6.54 Å². The molecule has 1 unspecified atom stereocenters. The van der Waals surface area contributed by atoms with Gasteiger partial charge in [0.25, 0.3) is 0 Å². The standard InChI is InChI=1S/C15H16ClNO/c16-8-12(18)9-17-14-7-6-11-5-4-10-2-1-3-13(14)15(10)11/h1-3,6-7,12,17-18H,4-5,8-9H2. The maximum absolute atomic E-state index is 9.52. The highest BCUT2D eigenvalue weighted by Gasteiger charge is 2.15. The van der Waals surface area contributed by atoms with E-state index < -0.39 is 6.10 Å². The Morgan fingerprint density at radius 1 is 1.17 bits per heavy atom. The van der Waals surface area contributed by atoms with Gasteiger partial charge in [-0.05, 0) is 35.4 Å². The lowest BCUT2D eigenvalue weighted by Crippen LogP contribution is -2.20. The van der Waals surface area contributed by atoms with Gasteiger partial charge in [-0.15, -0.1) is 11.6 Å². The van der Waals surface area contributed by atoms with Gasteiger partial charge >= 0.3 is 0 Å². The Bertz CT molecular complexity index is 572. The number of alkyl halides is 1. The first-order valence-corrected chi connectivity index (χ1v) is 6.84. The van der Waals surface area contributed by atoms with Crippen LogP contribution < -0.4 is 5.32 Å². The molecule has 0 aromatic heterocycles. The van der Waals surface area contributed by atoms with Crippen LogP contribution in [-0.2, 0) is 12.8 Å². The SMILES string of the molecule is OC(CCl)CNc1ccc2c3c(cccc13)CC2. The third kappa shape index (κ3) is 1.96. The molecule has 2 N–H and O–H groups in total. The second-order valence-corrected chi connectivity index (χ2v) is 5.11.